The van der Waals surface area contributed by atoms with Crippen molar-refractivity contribution >= 4 is 27.6 Å². The number of carboxylic acid groups (broad SMARTS) is 2. The zero-order valence-corrected chi connectivity index (χ0v) is 14.4. The number of rotatable bonds is 5. The van der Waals surface area contributed by atoms with Crippen LogP contribution in [0.15, 0.2) is 29.2 Å². The topological polar surface area (TPSA) is 121 Å². The molecule has 1 aliphatic carbocycles. The van der Waals surface area contributed by atoms with E-state index >= 15 is 0 Å². The average molecular weight is 397 g/mol. The van der Waals surface area contributed by atoms with Gasteiger partial charge in [-0.2, -0.15) is 0 Å². The van der Waals surface area contributed by atoms with Crippen molar-refractivity contribution in [2.45, 2.75) is 24.2 Å². The summed E-state index contributed by atoms with van der Waals surface area (Å²) in [5.74, 6) is -5.66. The smallest absolute Gasteiger partial charge is 0.338 e. The van der Waals surface area contributed by atoms with Gasteiger partial charge in [-0.3, -0.25) is 4.72 Å². The highest BCUT2D eigenvalue weighted by Crippen LogP contribution is 2.32. The SMILES string of the molecule is O=C(O)c1cc2c(c(S(=O)(=O)Nc3cc(C(=O)O)c(F)cc3F)c1)CCC2. The normalized spacial score (nSPS) is 13.3. The van der Waals surface area contributed by atoms with Gasteiger partial charge < -0.3 is 10.2 Å². The first-order valence-electron chi connectivity index (χ1n) is 7.74. The van der Waals surface area contributed by atoms with Crippen LogP contribution in [-0.2, 0) is 22.9 Å². The van der Waals surface area contributed by atoms with E-state index in [0.29, 0.717) is 36.5 Å². The molecule has 0 fully saturated rings. The summed E-state index contributed by atoms with van der Waals surface area (Å²) in [6.45, 7) is 0. The Hall–Kier alpha value is -3.01. The number of benzene rings is 2. The number of carbonyl (C=O) groups is 2. The van der Waals surface area contributed by atoms with Crippen LogP contribution in [0.3, 0.4) is 0 Å². The van der Waals surface area contributed by atoms with Gasteiger partial charge in [0.2, 0.25) is 0 Å². The second-order valence-corrected chi connectivity index (χ2v) is 7.64. The predicted molar refractivity (Wildman–Crippen MR) is 89.6 cm³/mol. The Kier molecular flexibility index (Phi) is 4.60. The Balaban J connectivity index is 2.10. The Labute approximate surface area is 152 Å². The molecule has 0 saturated heterocycles. The highest BCUT2D eigenvalue weighted by Gasteiger charge is 2.27. The Morgan fingerprint density at radius 3 is 2.30 bits per heavy atom. The lowest BCUT2D eigenvalue weighted by Crippen LogP contribution is -2.18. The van der Waals surface area contributed by atoms with Gasteiger partial charge in [0.05, 0.1) is 21.7 Å². The molecule has 0 atom stereocenters. The second kappa shape index (κ2) is 6.62. The molecule has 0 aromatic heterocycles. The summed E-state index contributed by atoms with van der Waals surface area (Å²) in [4.78, 5) is 21.9. The zero-order valence-electron chi connectivity index (χ0n) is 13.6. The summed E-state index contributed by atoms with van der Waals surface area (Å²) in [6, 6.07) is 3.16. The van der Waals surface area contributed by atoms with Crippen molar-refractivity contribution in [2.75, 3.05) is 4.72 Å². The maximum atomic E-state index is 14.0. The number of anilines is 1. The number of aryl methyl sites for hydroxylation is 1. The highest BCUT2D eigenvalue weighted by molar-refractivity contribution is 7.92. The summed E-state index contributed by atoms with van der Waals surface area (Å²) >= 11 is 0. The molecule has 142 valence electrons. The van der Waals surface area contributed by atoms with Gasteiger partial charge in [0.15, 0.2) is 0 Å². The monoisotopic (exact) mass is 397 g/mol. The van der Waals surface area contributed by atoms with Crippen molar-refractivity contribution in [2.24, 2.45) is 0 Å². The second-order valence-electron chi connectivity index (χ2n) is 5.99. The maximum Gasteiger partial charge on any atom is 0.338 e. The van der Waals surface area contributed by atoms with Crippen molar-refractivity contribution < 1.29 is 37.0 Å². The van der Waals surface area contributed by atoms with Crippen LogP contribution >= 0.6 is 0 Å². The van der Waals surface area contributed by atoms with E-state index in [9.17, 15) is 31.9 Å². The molecule has 0 radical (unpaired) electrons. The fourth-order valence-electron chi connectivity index (χ4n) is 3.02. The summed E-state index contributed by atoms with van der Waals surface area (Å²) < 4.78 is 54.8. The van der Waals surface area contributed by atoms with Gasteiger partial charge in [-0.1, -0.05) is 0 Å². The Morgan fingerprint density at radius 1 is 0.963 bits per heavy atom. The van der Waals surface area contributed by atoms with Crippen LogP contribution in [0.4, 0.5) is 14.5 Å². The third-order valence-electron chi connectivity index (χ3n) is 4.24. The minimum atomic E-state index is -4.44. The first kappa shape index (κ1) is 18.8. The molecular formula is C17H13F2NO6S. The molecule has 2 aromatic rings. The molecule has 27 heavy (non-hydrogen) atoms. The van der Waals surface area contributed by atoms with Crippen LogP contribution in [0.2, 0.25) is 0 Å². The van der Waals surface area contributed by atoms with Crippen molar-refractivity contribution in [3.63, 3.8) is 0 Å². The minimum absolute atomic E-state index is 0.234. The van der Waals surface area contributed by atoms with Gasteiger partial charge in [0.25, 0.3) is 10.0 Å². The van der Waals surface area contributed by atoms with Gasteiger partial charge >= 0.3 is 11.9 Å². The van der Waals surface area contributed by atoms with Crippen molar-refractivity contribution in [3.05, 3.63) is 58.2 Å². The Morgan fingerprint density at radius 2 is 1.67 bits per heavy atom. The first-order valence-corrected chi connectivity index (χ1v) is 9.22. The van der Waals surface area contributed by atoms with Crippen LogP contribution in [0.1, 0.15) is 38.3 Å². The van der Waals surface area contributed by atoms with E-state index in [2.05, 4.69) is 0 Å². The van der Waals surface area contributed by atoms with E-state index < -0.39 is 44.8 Å². The summed E-state index contributed by atoms with van der Waals surface area (Å²) in [7, 11) is -4.44. The Bertz CT molecular complexity index is 1080. The maximum absolute atomic E-state index is 14.0. The van der Waals surface area contributed by atoms with Crippen molar-refractivity contribution in [1.82, 2.24) is 0 Å². The molecule has 3 rings (SSSR count). The van der Waals surface area contributed by atoms with Gasteiger partial charge in [-0.05, 0) is 48.6 Å². The van der Waals surface area contributed by atoms with Crippen molar-refractivity contribution in [1.29, 1.82) is 0 Å². The largest absolute Gasteiger partial charge is 0.478 e. The van der Waals surface area contributed by atoms with Crippen LogP contribution in [0.5, 0.6) is 0 Å². The lowest BCUT2D eigenvalue weighted by atomic mass is 10.1. The van der Waals surface area contributed by atoms with Gasteiger partial charge in [-0.25, -0.2) is 26.8 Å². The number of nitrogens with one attached hydrogen (secondary N) is 1. The molecule has 0 amide bonds. The van der Waals surface area contributed by atoms with E-state index in [1.165, 1.54) is 6.07 Å². The van der Waals surface area contributed by atoms with Gasteiger partial charge in [0, 0.05) is 6.07 Å². The fraction of sp³-hybridized carbons (Fsp3) is 0.176. The lowest BCUT2D eigenvalue weighted by molar-refractivity contribution is 0.0683. The van der Waals surface area contributed by atoms with Crippen LogP contribution < -0.4 is 4.72 Å². The molecule has 3 N–H and O–H groups in total. The molecule has 0 spiro atoms. The predicted octanol–water partition coefficient (Wildman–Crippen LogP) is 2.65. The lowest BCUT2D eigenvalue weighted by Gasteiger charge is -2.14. The van der Waals surface area contributed by atoms with Crippen LogP contribution in [0.25, 0.3) is 0 Å². The third kappa shape index (κ3) is 3.47. The average Bonchev–Trinajstić information content (AvgIpc) is 3.04. The fourth-order valence-corrected chi connectivity index (χ4v) is 4.42. The molecule has 0 heterocycles. The number of carboxylic acids is 2. The molecule has 0 aliphatic heterocycles. The van der Waals surface area contributed by atoms with Gasteiger partial charge in [-0.15, -0.1) is 0 Å². The molecule has 2 aromatic carbocycles. The summed E-state index contributed by atoms with van der Waals surface area (Å²) in [5, 5.41) is 18.1. The molecule has 1 aliphatic rings. The van der Waals surface area contributed by atoms with Gasteiger partial charge in [0.1, 0.15) is 11.6 Å². The zero-order chi connectivity index (χ0) is 19.9. The van der Waals surface area contributed by atoms with E-state index in [0.717, 1.165) is 6.07 Å². The number of sulfonamides is 1. The number of hydrogen-bond acceptors (Lipinski definition) is 4. The minimum Gasteiger partial charge on any atom is -0.478 e. The standard InChI is InChI=1S/C17H13F2NO6S/c18-12-7-13(19)14(6-11(12)17(23)24)20-27(25,26)15-5-9(16(21)22)4-8-2-1-3-10(8)15/h4-7,20H,1-3H2,(H,21,22)(H,23,24). The van der Waals surface area contributed by atoms with E-state index in [4.69, 9.17) is 5.11 Å². The van der Waals surface area contributed by atoms with E-state index in [1.54, 1.807) is 0 Å². The molecule has 0 saturated carbocycles. The van der Waals surface area contributed by atoms with Crippen LogP contribution in [-0.4, -0.2) is 30.6 Å². The quantitative estimate of drug-likeness (QED) is 0.713. The highest BCUT2D eigenvalue weighted by atomic mass is 32.2. The summed E-state index contributed by atoms with van der Waals surface area (Å²) in [6.07, 6.45) is 1.54. The van der Waals surface area contributed by atoms with E-state index in [1.807, 2.05) is 4.72 Å². The van der Waals surface area contributed by atoms with E-state index in [-0.39, 0.29) is 16.5 Å². The molecule has 0 bridgehead atoms. The molecule has 0 unspecified atom stereocenters. The third-order valence-corrected chi connectivity index (χ3v) is 5.67. The summed E-state index contributed by atoms with van der Waals surface area (Å²) in [5.41, 5.74) is -0.892. The first-order chi connectivity index (χ1) is 12.6. The number of halogens is 2. The number of aromatic carboxylic acids is 2. The number of hydrogen-bond donors (Lipinski definition) is 3. The molecule has 10 heteroatoms. The molecule has 7 nitrogen and oxygen atoms in total. The van der Waals surface area contributed by atoms with Crippen LogP contribution in [0, 0.1) is 11.6 Å². The van der Waals surface area contributed by atoms with Crippen molar-refractivity contribution in [3.8, 4) is 0 Å². The number of fused-ring (bicyclic) bond motifs is 1. The molecular weight excluding hydrogens is 384 g/mol.